The number of nitrogens with zero attached hydrogens (tertiary/aromatic N) is 2. The molecule has 0 spiro atoms. The number of hydrogen-bond donors (Lipinski definition) is 6. The third-order valence-corrected chi connectivity index (χ3v) is 2.81. The summed E-state index contributed by atoms with van der Waals surface area (Å²) in [6.45, 7) is -1.89. The van der Waals surface area contributed by atoms with Crippen LogP contribution in [0.15, 0.2) is 0 Å². The van der Waals surface area contributed by atoms with Crippen molar-refractivity contribution in [3.05, 3.63) is 0 Å². The Kier molecular flexibility index (Phi) is 22.3. The van der Waals surface area contributed by atoms with Gasteiger partial charge in [-0.2, -0.15) is 0 Å². The van der Waals surface area contributed by atoms with Gasteiger partial charge in [0.25, 0.3) is 0 Å². The third-order valence-electron chi connectivity index (χ3n) is 2.81. The predicted molar refractivity (Wildman–Crippen MR) is 98.5 cm³/mol. The number of halogens is 1. The van der Waals surface area contributed by atoms with E-state index in [1.807, 2.05) is 0 Å². The largest absolute Gasteiger partial charge is 1.00 e. The van der Waals surface area contributed by atoms with Crippen LogP contribution >= 0.6 is 11.6 Å². The first-order valence-electron chi connectivity index (χ1n) is 8.24. The molecule has 0 aromatic carbocycles. The average Bonchev–Trinajstić information content (AvgIpc) is 2.55. The van der Waals surface area contributed by atoms with Gasteiger partial charge in [-0.05, 0) is 6.92 Å². The Balaban J connectivity index is -0.000000555. The molecule has 0 fully saturated rings. The number of ether oxygens (including phenoxy) is 1. The fraction of sp³-hybridized carbons (Fsp3) is 0.733. The molecule has 172 valence electrons. The predicted octanol–water partition coefficient (Wildman–Crippen LogP) is -5.58. The van der Waals surface area contributed by atoms with Crippen LogP contribution in [0.4, 0.5) is 0 Å². The van der Waals surface area contributed by atoms with Crippen molar-refractivity contribution in [2.24, 2.45) is 0 Å². The van der Waals surface area contributed by atoms with Crippen molar-refractivity contribution in [3.63, 3.8) is 0 Å². The topological polar surface area (TPSA) is 205 Å². The second-order valence-corrected chi connectivity index (χ2v) is 6.33. The molecule has 30 heavy (non-hydrogen) atoms. The molecule has 0 bridgehead atoms. The molecule has 0 saturated heterocycles. The van der Waals surface area contributed by atoms with E-state index in [4.69, 9.17) is 42.2 Å². The van der Waals surface area contributed by atoms with Crippen molar-refractivity contribution in [2.75, 3.05) is 52.5 Å². The summed E-state index contributed by atoms with van der Waals surface area (Å²) in [5, 5.41) is 51.8. The molecule has 0 rings (SSSR count). The van der Waals surface area contributed by atoms with Crippen LogP contribution < -0.4 is 29.6 Å². The molecular formula is C15H28ClN2NaO11. The van der Waals surface area contributed by atoms with Gasteiger partial charge >= 0.3 is 53.4 Å². The Morgan fingerprint density at radius 3 is 1.53 bits per heavy atom. The minimum atomic E-state index is -1.25. The van der Waals surface area contributed by atoms with Crippen molar-refractivity contribution in [3.8, 4) is 0 Å². The average molecular weight is 471 g/mol. The first-order valence-corrected chi connectivity index (χ1v) is 8.67. The molecule has 0 heterocycles. The number of carbonyl (C=O) groups is 4. The number of aliphatic hydroxyl groups is 3. The maximum atomic E-state index is 11.6. The Hall–Kier alpha value is -1.03. The molecule has 13 nitrogen and oxygen atoms in total. The van der Waals surface area contributed by atoms with Gasteiger partial charge in [0, 0.05) is 13.1 Å². The molecule has 0 aliphatic heterocycles. The molecule has 0 aliphatic carbocycles. The quantitative estimate of drug-likeness (QED) is 0.0796. The summed E-state index contributed by atoms with van der Waals surface area (Å²) in [5.41, 5.74) is -0.694. The Morgan fingerprint density at radius 1 is 0.900 bits per heavy atom. The maximum Gasteiger partial charge on any atom is 1.00 e. The second-order valence-electron chi connectivity index (χ2n) is 5.70. The van der Waals surface area contributed by atoms with Gasteiger partial charge in [-0.1, -0.05) is 11.6 Å². The number of carbonyl (C=O) groups excluding carboxylic acids is 1. The van der Waals surface area contributed by atoms with Crippen LogP contribution in [-0.2, 0) is 23.9 Å². The van der Waals surface area contributed by atoms with Crippen molar-refractivity contribution in [2.45, 2.75) is 18.6 Å². The molecule has 0 saturated carbocycles. The normalized spacial score (nSPS) is 12.2. The maximum absolute atomic E-state index is 11.6. The summed E-state index contributed by atoms with van der Waals surface area (Å²) < 4.78 is 4.66. The number of aliphatic carboxylic acids is 3. The summed E-state index contributed by atoms with van der Waals surface area (Å²) >= 11 is 4.83. The SMILES string of the molecule is CC(O)Cl.O=C(O)CN(CCN(CC(=O)O)CC(=O)OCC(O)CO)CC(=O)O.[H-].[Na+]. The van der Waals surface area contributed by atoms with Crippen molar-refractivity contribution < 1.29 is 85.5 Å². The molecule has 6 N–H and O–H groups in total. The fourth-order valence-corrected chi connectivity index (χ4v) is 1.75. The van der Waals surface area contributed by atoms with E-state index < -0.39 is 74.9 Å². The molecule has 2 unspecified atom stereocenters. The van der Waals surface area contributed by atoms with E-state index in [-0.39, 0.29) is 44.1 Å². The van der Waals surface area contributed by atoms with Crippen LogP contribution in [0.25, 0.3) is 0 Å². The molecule has 0 amide bonds. The number of carboxylic acid groups (broad SMARTS) is 3. The zero-order valence-corrected chi connectivity index (χ0v) is 19.6. The van der Waals surface area contributed by atoms with Crippen LogP contribution in [0.5, 0.6) is 0 Å². The van der Waals surface area contributed by atoms with Gasteiger partial charge in [-0.25, -0.2) is 0 Å². The number of aliphatic hydroxyl groups excluding tert-OH is 3. The molecular weight excluding hydrogens is 443 g/mol. The number of esters is 1. The zero-order chi connectivity index (χ0) is 23.0. The molecule has 0 aliphatic rings. The van der Waals surface area contributed by atoms with E-state index in [0.717, 1.165) is 9.80 Å². The molecule has 0 aromatic heterocycles. The van der Waals surface area contributed by atoms with E-state index in [2.05, 4.69) is 4.74 Å². The van der Waals surface area contributed by atoms with Crippen LogP contribution in [0, 0.1) is 0 Å². The Labute approximate surface area is 201 Å². The van der Waals surface area contributed by atoms with Crippen LogP contribution in [0.3, 0.4) is 0 Å². The van der Waals surface area contributed by atoms with Crippen molar-refractivity contribution in [1.29, 1.82) is 0 Å². The smallest absolute Gasteiger partial charge is 1.00 e. The van der Waals surface area contributed by atoms with E-state index in [1.54, 1.807) is 0 Å². The summed E-state index contributed by atoms with van der Waals surface area (Å²) in [4.78, 5) is 46.1. The monoisotopic (exact) mass is 470 g/mol. The van der Waals surface area contributed by atoms with Crippen LogP contribution in [0.2, 0.25) is 0 Å². The molecule has 15 heteroatoms. The summed E-state index contributed by atoms with van der Waals surface area (Å²) in [5.74, 6) is -4.59. The van der Waals surface area contributed by atoms with E-state index in [9.17, 15) is 19.2 Å². The van der Waals surface area contributed by atoms with Gasteiger partial charge in [0.1, 0.15) is 18.3 Å². The minimum absolute atomic E-state index is 0. The number of rotatable bonds is 14. The Bertz CT molecular complexity index is 512. The molecule has 2 atom stereocenters. The number of hydrogen-bond acceptors (Lipinski definition) is 10. The fourth-order valence-electron chi connectivity index (χ4n) is 1.75. The first kappa shape index (κ1) is 33.6. The standard InChI is InChI=1S/C13H22N2O10.C2H5ClO.Na.H/c16-7-9(17)8-25-13(24)6-15(5-12(22)23)2-1-14(3-10(18)19)4-11(20)21;1-2(3)4;;/h9,16-17H,1-8H2,(H,18,19)(H,20,21)(H,22,23);2,4H,1H3;;/q;;+1;-1. The van der Waals surface area contributed by atoms with E-state index in [1.165, 1.54) is 6.92 Å². The van der Waals surface area contributed by atoms with Crippen molar-refractivity contribution in [1.82, 2.24) is 9.80 Å². The van der Waals surface area contributed by atoms with Gasteiger partial charge < -0.3 is 36.8 Å². The van der Waals surface area contributed by atoms with Crippen LogP contribution in [0.1, 0.15) is 8.35 Å². The molecule has 0 aromatic rings. The summed E-state index contributed by atoms with van der Waals surface area (Å²) in [7, 11) is 0. The van der Waals surface area contributed by atoms with Gasteiger partial charge in [0.2, 0.25) is 0 Å². The van der Waals surface area contributed by atoms with Gasteiger partial charge in [0.15, 0.2) is 0 Å². The zero-order valence-electron chi connectivity index (χ0n) is 17.8. The number of carboxylic acids is 3. The first-order chi connectivity index (χ1) is 13.4. The summed E-state index contributed by atoms with van der Waals surface area (Å²) in [6, 6.07) is 0. The van der Waals surface area contributed by atoms with E-state index in [0.29, 0.717) is 0 Å². The van der Waals surface area contributed by atoms with Gasteiger partial charge in [-0.15, -0.1) is 0 Å². The minimum Gasteiger partial charge on any atom is -1.00 e. The van der Waals surface area contributed by atoms with Crippen LogP contribution in [-0.4, -0.2) is 128 Å². The molecule has 0 radical (unpaired) electrons. The Morgan fingerprint density at radius 2 is 1.23 bits per heavy atom. The number of alkyl halides is 1. The summed E-state index contributed by atoms with van der Waals surface area (Å²) in [6.07, 6.45) is -1.25. The second kappa shape index (κ2) is 19.9. The van der Waals surface area contributed by atoms with Crippen molar-refractivity contribution >= 4 is 35.5 Å². The van der Waals surface area contributed by atoms with E-state index >= 15 is 0 Å². The van der Waals surface area contributed by atoms with Gasteiger partial charge in [0.05, 0.1) is 32.8 Å². The van der Waals surface area contributed by atoms with Gasteiger partial charge in [-0.3, -0.25) is 29.0 Å². The third kappa shape index (κ3) is 25.0.